The molecule has 0 bridgehead atoms. The Kier molecular flexibility index (Phi) is 3.34. The van der Waals surface area contributed by atoms with E-state index < -0.39 is 0 Å². The van der Waals surface area contributed by atoms with Gasteiger partial charge in [-0.3, -0.25) is 0 Å². The van der Waals surface area contributed by atoms with E-state index in [1.807, 2.05) is 18.2 Å². The maximum absolute atomic E-state index is 6.46. The maximum atomic E-state index is 6.46. The van der Waals surface area contributed by atoms with Gasteiger partial charge in [-0.05, 0) is 35.6 Å². The minimum Gasteiger partial charge on any atom is -0.495 e. The predicted octanol–water partition coefficient (Wildman–Crippen LogP) is 5.18. The smallest absolute Gasteiger partial charge is 0.142 e. The molecule has 0 saturated carbocycles. The molecule has 2 aromatic rings. The highest BCUT2D eigenvalue weighted by molar-refractivity contribution is 6.31. The first-order chi connectivity index (χ1) is 10.8. The number of allylic oxidation sites excluding steroid dienone is 2. The van der Waals surface area contributed by atoms with Gasteiger partial charge in [0.15, 0.2) is 0 Å². The molecule has 0 spiro atoms. The van der Waals surface area contributed by atoms with Crippen LogP contribution in [0.15, 0.2) is 54.6 Å². The minimum absolute atomic E-state index is 0.206. The lowest BCUT2D eigenvalue weighted by Gasteiger charge is -2.38. The molecule has 0 amide bonds. The Morgan fingerprint density at radius 3 is 2.73 bits per heavy atom. The molecule has 2 aromatic carbocycles. The van der Waals surface area contributed by atoms with E-state index in [9.17, 15) is 0 Å². The topological polar surface area (TPSA) is 21.3 Å². The molecule has 0 radical (unpaired) electrons. The number of halogens is 1. The molecule has 0 saturated heterocycles. The lowest BCUT2D eigenvalue weighted by Crippen LogP contribution is -2.29. The van der Waals surface area contributed by atoms with Crippen LogP contribution in [0.5, 0.6) is 5.75 Å². The van der Waals surface area contributed by atoms with Gasteiger partial charge in [0.2, 0.25) is 0 Å². The van der Waals surface area contributed by atoms with Crippen LogP contribution in [0.25, 0.3) is 0 Å². The summed E-state index contributed by atoms with van der Waals surface area (Å²) < 4.78 is 5.56. The van der Waals surface area contributed by atoms with E-state index in [0.29, 0.717) is 11.8 Å². The van der Waals surface area contributed by atoms with Crippen molar-refractivity contribution >= 4 is 17.3 Å². The number of ether oxygens (including phenoxy) is 1. The van der Waals surface area contributed by atoms with Crippen molar-refractivity contribution in [3.8, 4) is 5.75 Å². The van der Waals surface area contributed by atoms with Gasteiger partial charge in [0.25, 0.3) is 0 Å². The molecule has 22 heavy (non-hydrogen) atoms. The number of anilines is 1. The highest BCUT2D eigenvalue weighted by Gasteiger charge is 2.39. The lowest BCUT2D eigenvalue weighted by molar-refractivity contribution is 0.397. The Bertz CT molecular complexity index is 740. The van der Waals surface area contributed by atoms with Crippen molar-refractivity contribution in [2.45, 2.75) is 18.4 Å². The van der Waals surface area contributed by atoms with Gasteiger partial charge in [-0.2, -0.15) is 0 Å². The second-order valence-electron chi connectivity index (χ2n) is 5.92. The van der Waals surface area contributed by atoms with Crippen LogP contribution in [0.2, 0.25) is 5.02 Å². The normalized spacial score (nSPS) is 25.3. The first kappa shape index (κ1) is 13.7. The molecule has 3 heteroatoms. The summed E-state index contributed by atoms with van der Waals surface area (Å²) in [5, 5.41) is 4.52. The number of rotatable bonds is 2. The summed E-state index contributed by atoms with van der Waals surface area (Å²) in [5.41, 5.74) is 3.59. The molecule has 2 nitrogen and oxygen atoms in total. The van der Waals surface area contributed by atoms with Crippen molar-refractivity contribution in [3.63, 3.8) is 0 Å². The molecular formula is C19H18ClNO. The van der Waals surface area contributed by atoms with Crippen molar-refractivity contribution < 1.29 is 4.74 Å². The minimum atomic E-state index is 0.206. The quantitative estimate of drug-likeness (QED) is 0.772. The van der Waals surface area contributed by atoms with E-state index >= 15 is 0 Å². The van der Waals surface area contributed by atoms with Crippen LogP contribution in [0.3, 0.4) is 0 Å². The third-order valence-electron chi connectivity index (χ3n) is 4.82. The summed E-state index contributed by atoms with van der Waals surface area (Å²) >= 11 is 6.46. The zero-order valence-electron chi connectivity index (χ0n) is 12.4. The zero-order valence-corrected chi connectivity index (χ0v) is 13.2. The average molecular weight is 312 g/mol. The van der Waals surface area contributed by atoms with Crippen LogP contribution >= 0.6 is 11.6 Å². The summed E-state index contributed by atoms with van der Waals surface area (Å²) in [6.45, 7) is 0. The lowest BCUT2D eigenvalue weighted by atomic mass is 9.77. The van der Waals surface area contributed by atoms with Crippen LogP contribution < -0.4 is 10.1 Å². The molecule has 1 N–H and O–H groups in total. The highest BCUT2D eigenvalue weighted by atomic mass is 35.5. The second-order valence-corrected chi connectivity index (χ2v) is 6.33. The van der Waals surface area contributed by atoms with Gasteiger partial charge in [0, 0.05) is 10.9 Å². The Labute approximate surface area is 135 Å². The number of hydrogen-bond donors (Lipinski definition) is 1. The molecule has 1 aliphatic carbocycles. The molecule has 1 heterocycles. The fraction of sp³-hybridized carbons (Fsp3) is 0.263. The fourth-order valence-corrected chi connectivity index (χ4v) is 4.05. The summed E-state index contributed by atoms with van der Waals surface area (Å²) in [4.78, 5) is 0. The fourth-order valence-electron chi connectivity index (χ4n) is 3.80. The van der Waals surface area contributed by atoms with Crippen molar-refractivity contribution in [2.24, 2.45) is 5.92 Å². The number of methoxy groups -OCH3 is 1. The number of fused-ring (bicyclic) bond motifs is 3. The van der Waals surface area contributed by atoms with Gasteiger partial charge in [0.1, 0.15) is 5.75 Å². The summed E-state index contributed by atoms with van der Waals surface area (Å²) in [6, 6.07) is 14.6. The van der Waals surface area contributed by atoms with E-state index in [0.717, 1.165) is 22.9 Å². The standard InChI is InChI=1S/C19H18ClNO/c1-22-17-11-5-9-14-12-7-4-8-13(12)18(21-19(14)17)15-6-2-3-10-16(15)20/h2-7,9-13,18,21H,8H2,1H3/t12-,13-,18+/m1/s1. The molecule has 4 rings (SSSR count). The van der Waals surface area contributed by atoms with Crippen molar-refractivity contribution in [3.05, 3.63) is 70.8 Å². The first-order valence-electron chi connectivity index (χ1n) is 7.64. The first-order valence-corrected chi connectivity index (χ1v) is 8.02. The van der Waals surface area contributed by atoms with E-state index in [4.69, 9.17) is 16.3 Å². The van der Waals surface area contributed by atoms with Gasteiger partial charge in [-0.1, -0.05) is 54.1 Å². The molecule has 3 atom stereocenters. The molecule has 112 valence electrons. The summed E-state index contributed by atoms with van der Waals surface area (Å²) in [6.07, 6.45) is 5.69. The molecule has 0 fully saturated rings. The summed E-state index contributed by atoms with van der Waals surface area (Å²) in [7, 11) is 1.72. The van der Waals surface area contributed by atoms with Gasteiger partial charge in [0.05, 0.1) is 18.8 Å². The monoisotopic (exact) mass is 311 g/mol. The highest BCUT2D eigenvalue weighted by Crippen LogP contribution is 2.52. The largest absolute Gasteiger partial charge is 0.495 e. The average Bonchev–Trinajstić information content (AvgIpc) is 3.04. The molecule has 0 aromatic heterocycles. The van der Waals surface area contributed by atoms with E-state index in [1.165, 1.54) is 11.1 Å². The van der Waals surface area contributed by atoms with Gasteiger partial charge in [-0.25, -0.2) is 0 Å². The Balaban J connectivity index is 1.85. The number of para-hydroxylation sites is 1. The van der Waals surface area contributed by atoms with Crippen molar-refractivity contribution in [1.82, 2.24) is 0 Å². The van der Waals surface area contributed by atoms with Gasteiger partial charge in [-0.15, -0.1) is 0 Å². The Hall–Kier alpha value is -1.93. The third-order valence-corrected chi connectivity index (χ3v) is 5.16. The predicted molar refractivity (Wildman–Crippen MR) is 90.8 cm³/mol. The zero-order chi connectivity index (χ0) is 15.1. The van der Waals surface area contributed by atoms with Crippen molar-refractivity contribution in [2.75, 3.05) is 12.4 Å². The second kappa shape index (κ2) is 5.36. The number of nitrogens with one attached hydrogen (secondary N) is 1. The molecule has 2 aliphatic rings. The maximum Gasteiger partial charge on any atom is 0.142 e. The van der Waals surface area contributed by atoms with E-state index in [2.05, 4.69) is 41.7 Å². The summed E-state index contributed by atoms with van der Waals surface area (Å²) in [5.74, 6) is 1.82. The van der Waals surface area contributed by atoms with E-state index in [-0.39, 0.29) is 6.04 Å². The number of hydrogen-bond acceptors (Lipinski definition) is 2. The molecule has 1 aliphatic heterocycles. The molecular weight excluding hydrogens is 294 g/mol. The van der Waals surface area contributed by atoms with Gasteiger partial charge < -0.3 is 10.1 Å². The Morgan fingerprint density at radius 2 is 1.91 bits per heavy atom. The van der Waals surface area contributed by atoms with Crippen LogP contribution in [-0.4, -0.2) is 7.11 Å². The van der Waals surface area contributed by atoms with Gasteiger partial charge >= 0.3 is 0 Å². The van der Waals surface area contributed by atoms with Crippen LogP contribution in [-0.2, 0) is 0 Å². The van der Waals surface area contributed by atoms with Crippen LogP contribution in [0.4, 0.5) is 5.69 Å². The molecule has 0 unspecified atom stereocenters. The number of benzene rings is 2. The van der Waals surface area contributed by atoms with Crippen LogP contribution in [0.1, 0.15) is 29.5 Å². The Morgan fingerprint density at radius 1 is 1.09 bits per heavy atom. The van der Waals surface area contributed by atoms with E-state index in [1.54, 1.807) is 7.11 Å². The third kappa shape index (κ3) is 2.02. The van der Waals surface area contributed by atoms with Crippen molar-refractivity contribution in [1.29, 1.82) is 0 Å². The van der Waals surface area contributed by atoms with Crippen LogP contribution in [0, 0.1) is 5.92 Å². The SMILES string of the molecule is COc1cccc2c1N[C@H](c1ccccc1Cl)[C@@H]1CC=C[C@@H]21.